The van der Waals surface area contributed by atoms with Gasteiger partial charge in [-0.05, 0) is 31.0 Å². The fourth-order valence-corrected chi connectivity index (χ4v) is 1.92. The van der Waals surface area contributed by atoms with Crippen LogP contribution in [0.25, 0.3) is 11.3 Å². The van der Waals surface area contributed by atoms with Crippen molar-refractivity contribution < 1.29 is 14.7 Å². The van der Waals surface area contributed by atoms with Gasteiger partial charge in [-0.15, -0.1) is 0 Å². The van der Waals surface area contributed by atoms with Crippen LogP contribution in [0.4, 0.5) is 0 Å². The molecule has 5 heteroatoms. The average molecular weight is 286 g/mol. The van der Waals surface area contributed by atoms with E-state index in [1.807, 2.05) is 30.3 Å². The summed E-state index contributed by atoms with van der Waals surface area (Å²) < 4.78 is 0. The molecule has 0 fully saturated rings. The number of carboxylic acids is 1. The fraction of sp³-hybridized carbons (Fsp3) is 0.250. The first kappa shape index (κ1) is 14.8. The quantitative estimate of drug-likeness (QED) is 0.790. The van der Waals surface area contributed by atoms with E-state index >= 15 is 0 Å². The number of hydrogen-bond acceptors (Lipinski definition) is 2. The lowest BCUT2D eigenvalue weighted by molar-refractivity contribution is -0.143. The van der Waals surface area contributed by atoms with Crippen molar-refractivity contribution in [3.63, 3.8) is 0 Å². The number of aromatic amines is 1. The Balaban J connectivity index is 2.18. The van der Waals surface area contributed by atoms with Gasteiger partial charge in [0.25, 0.3) is 5.91 Å². The highest BCUT2D eigenvalue weighted by Crippen LogP contribution is 2.18. The van der Waals surface area contributed by atoms with Crippen LogP contribution in [0, 0.1) is 0 Å². The molecule has 0 aliphatic rings. The van der Waals surface area contributed by atoms with Gasteiger partial charge in [0.2, 0.25) is 0 Å². The van der Waals surface area contributed by atoms with E-state index in [-0.39, 0.29) is 0 Å². The lowest BCUT2D eigenvalue weighted by Gasteiger charge is -2.24. The van der Waals surface area contributed by atoms with Crippen molar-refractivity contribution in [2.75, 3.05) is 0 Å². The highest BCUT2D eigenvalue weighted by molar-refractivity contribution is 5.97. The first-order valence-electron chi connectivity index (χ1n) is 6.76. The third-order valence-electron chi connectivity index (χ3n) is 3.58. The Morgan fingerprint density at radius 1 is 1.19 bits per heavy atom. The maximum atomic E-state index is 12.2. The summed E-state index contributed by atoms with van der Waals surface area (Å²) >= 11 is 0. The summed E-state index contributed by atoms with van der Waals surface area (Å²) in [4.78, 5) is 26.4. The average Bonchev–Trinajstić information content (AvgIpc) is 2.97. The molecular weight excluding hydrogens is 268 g/mol. The molecule has 1 amide bonds. The maximum absolute atomic E-state index is 12.2. The second kappa shape index (κ2) is 5.83. The van der Waals surface area contributed by atoms with Gasteiger partial charge in [-0.2, -0.15) is 0 Å². The molecule has 0 saturated heterocycles. The molecule has 2 aromatic rings. The third kappa shape index (κ3) is 3.13. The Bertz CT molecular complexity index is 649. The lowest BCUT2D eigenvalue weighted by Crippen LogP contribution is -2.51. The molecule has 110 valence electrons. The first-order valence-corrected chi connectivity index (χ1v) is 6.76. The molecule has 0 aliphatic carbocycles. The van der Waals surface area contributed by atoms with Crippen LogP contribution in [0.3, 0.4) is 0 Å². The van der Waals surface area contributed by atoms with Crippen LogP contribution in [0.1, 0.15) is 30.8 Å². The van der Waals surface area contributed by atoms with Crippen molar-refractivity contribution in [2.24, 2.45) is 0 Å². The van der Waals surface area contributed by atoms with Gasteiger partial charge in [-0.25, -0.2) is 4.79 Å². The number of aromatic nitrogens is 1. The summed E-state index contributed by atoms with van der Waals surface area (Å²) in [6.07, 6.45) is 0.306. The van der Waals surface area contributed by atoms with E-state index in [0.29, 0.717) is 12.1 Å². The van der Waals surface area contributed by atoms with Crippen LogP contribution >= 0.6 is 0 Å². The molecule has 0 radical (unpaired) electrons. The van der Waals surface area contributed by atoms with Crippen molar-refractivity contribution in [1.29, 1.82) is 0 Å². The Morgan fingerprint density at radius 3 is 2.43 bits per heavy atom. The van der Waals surface area contributed by atoms with Gasteiger partial charge >= 0.3 is 5.97 Å². The van der Waals surface area contributed by atoms with E-state index in [1.54, 1.807) is 19.1 Å². The summed E-state index contributed by atoms with van der Waals surface area (Å²) in [6.45, 7) is 3.22. The molecule has 1 aromatic carbocycles. The van der Waals surface area contributed by atoms with Gasteiger partial charge < -0.3 is 15.4 Å². The van der Waals surface area contributed by atoms with Crippen molar-refractivity contribution in [1.82, 2.24) is 10.3 Å². The number of carboxylic acid groups (broad SMARTS) is 1. The summed E-state index contributed by atoms with van der Waals surface area (Å²) in [5, 5.41) is 11.7. The van der Waals surface area contributed by atoms with Crippen molar-refractivity contribution >= 4 is 11.9 Å². The number of amides is 1. The maximum Gasteiger partial charge on any atom is 0.329 e. The van der Waals surface area contributed by atoms with Gasteiger partial charge in [0.15, 0.2) is 0 Å². The van der Waals surface area contributed by atoms with Gasteiger partial charge in [0.05, 0.1) is 0 Å². The summed E-state index contributed by atoms with van der Waals surface area (Å²) in [5.74, 6) is -1.47. The number of H-pyrrole nitrogens is 1. The molecule has 3 N–H and O–H groups in total. The fourth-order valence-electron chi connectivity index (χ4n) is 1.92. The van der Waals surface area contributed by atoms with Crippen LogP contribution < -0.4 is 5.32 Å². The molecule has 0 saturated carbocycles. The van der Waals surface area contributed by atoms with Crippen LogP contribution in [0.15, 0.2) is 42.5 Å². The van der Waals surface area contributed by atoms with Gasteiger partial charge in [-0.3, -0.25) is 4.79 Å². The first-order chi connectivity index (χ1) is 9.96. The van der Waals surface area contributed by atoms with E-state index in [1.165, 1.54) is 6.92 Å². The van der Waals surface area contributed by atoms with Crippen molar-refractivity contribution in [3.05, 3.63) is 48.2 Å². The normalized spacial score (nSPS) is 13.4. The summed E-state index contributed by atoms with van der Waals surface area (Å²) in [7, 11) is 0. The second-order valence-electron chi connectivity index (χ2n) is 5.10. The van der Waals surface area contributed by atoms with E-state index in [0.717, 1.165) is 11.3 Å². The molecule has 0 aliphatic heterocycles. The predicted molar refractivity (Wildman–Crippen MR) is 80.0 cm³/mol. The minimum absolute atomic E-state index is 0.306. The number of carbonyl (C=O) groups is 2. The van der Waals surface area contributed by atoms with Gasteiger partial charge in [0, 0.05) is 5.69 Å². The smallest absolute Gasteiger partial charge is 0.329 e. The standard InChI is InChI=1S/C16H18N2O3/c1-3-16(2,15(20)21)18-14(19)13-10-9-12(17-13)11-7-5-4-6-8-11/h4-10,17H,3H2,1-2H3,(H,18,19)(H,20,21). The summed E-state index contributed by atoms with van der Waals surface area (Å²) in [6, 6.07) is 13.0. The van der Waals surface area contributed by atoms with E-state index < -0.39 is 17.4 Å². The number of hydrogen-bond donors (Lipinski definition) is 3. The number of rotatable bonds is 5. The van der Waals surface area contributed by atoms with Crippen LogP contribution in [-0.2, 0) is 4.79 Å². The van der Waals surface area contributed by atoms with Crippen LogP contribution in [0.5, 0.6) is 0 Å². The molecule has 0 bridgehead atoms. The minimum Gasteiger partial charge on any atom is -0.480 e. The van der Waals surface area contributed by atoms with Gasteiger partial charge in [0.1, 0.15) is 11.2 Å². The minimum atomic E-state index is -1.27. The molecule has 1 unspecified atom stereocenters. The molecule has 2 rings (SSSR count). The molecule has 1 aromatic heterocycles. The molecular formula is C16H18N2O3. The zero-order chi connectivity index (χ0) is 15.5. The molecule has 5 nitrogen and oxygen atoms in total. The van der Waals surface area contributed by atoms with E-state index in [4.69, 9.17) is 0 Å². The van der Waals surface area contributed by atoms with Crippen molar-refractivity contribution in [3.8, 4) is 11.3 Å². The number of carbonyl (C=O) groups excluding carboxylic acids is 1. The third-order valence-corrected chi connectivity index (χ3v) is 3.58. The van der Waals surface area contributed by atoms with Crippen LogP contribution in [0.2, 0.25) is 0 Å². The number of nitrogens with one attached hydrogen (secondary N) is 2. The Morgan fingerprint density at radius 2 is 1.86 bits per heavy atom. The SMILES string of the molecule is CCC(C)(NC(=O)c1ccc(-c2ccccc2)[nH]1)C(=O)O. The number of benzene rings is 1. The summed E-state index contributed by atoms with van der Waals surface area (Å²) in [5.41, 5.74) is 0.854. The Labute approximate surface area is 123 Å². The lowest BCUT2D eigenvalue weighted by atomic mass is 9.99. The molecule has 21 heavy (non-hydrogen) atoms. The second-order valence-corrected chi connectivity index (χ2v) is 5.10. The molecule has 0 spiro atoms. The van der Waals surface area contributed by atoms with E-state index in [9.17, 15) is 14.7 Å². The largest absolute Gasteiger partial charge is 0.480 e. The highest BCUT2D eigenvalue weighted by Gasteiger charge is 2.33. The van der Waals surface area contributed by atoms with Crippen molar-refractivity contribution in [2.45, 2.75) is 25.8 Å². The Hall–Kier alpha value is -2.56. The Kier molecular flexibility index (Phi) is 4.12. The predicted octanol–water partition coefficient (Wildman–Crippen LogP) is 2.66. The zero-order valence-corrected chi connectivity index (χ0v) is 12.0. The molecule has 1 heterocycles. The topological polar surface area (TPSA) is 82.2 Å². The van der Waals surface area contributed by atoms with Crippen LogP contribution in [-0.4, -0.2) is 27.5 Å². The van der Waals surface area contributed by atoms with Gasteiger partial charge in [-0.1, -0.05) is 37.3 Å². The number of aliphatic carboxylic acids is 1. The van der Waals surface area contributed by atoms with E-state index in [2.05, 4.69) is 10.3 Å². The monoisotopic (exact) mass is 286 g/mol. The zero-order valence-electron chi connectivity index (χ0n) is 12.0. The highest BCUT2D eigenvalue weighted by atomic mass is 16.4. The molecule has 1 atom stereocenters.